The Labute approximate surface area is 125 Å². The number of halogens is 1. The molecule has 102 valence electrons. The number of oxazole rings is 1. The van der Waals surface area contributed by atoms with Gasteiger partial charge in [-0.25, -0.2) is 4.98 Å². The van der Waals surface area contributed by atoms with Crippen molar-refractivity contribution < 1.29 is 9.52 Å². The van der Waals surface area contributed by atoms with Gasteiger partial charge in [-0.2, -0.15) is 0 Å². The van der Waals surface area contributed by atoms with Gasteiger partial charge in [0.2, 0.25) is 0 Å². The number of hydrogen-bond acceptors (Lipinski definition) is 3. The lowest BCUT2D eigenvalue weighted by atomic mass is 10.0. The molecule has 0 amide bonds. The van der Waals surface area contributed by atoms with Crippen LogP contribution >= 0.6 is 15.9 Å². The number of aliphatic hydroxyl groups excluding tert-OH is 1. The van der Waals surface area contributed by atoms with Crippen molar-refractivity contribution in [3.05, 3.63) is 64.0 Å². The van der Waals surface area contributed by atoms with Crippen molar-refractivity contribution >= 4 is 27.0 Å². The predicted octanol–water partition coefficient (Wildman–Crippen LogP) is 4.17. The van der Waals surface area contributed by atoms with Gasteiger partial charge in [0.15, 0.2) is 11.5 Å². The van der Waals surface area contributed by atoms with Crippen LogP contribution in [0.2, 0.25) is 0 Å². The lowest BCUT2D eigenvalue weighted by Gasteiger charge is -2.10. The van der Waals surface area contributed by atoms with Crippen molar-refractivity contribution in [2.45, 2.75) is 19.4 Å². The van der Waals surface area contributed by atoms with Gasteiger partial charge in [-0.05, 0) is 42.3 Å². The third kappa shape index (κ3) is 2.76. The Kier molecular flexibility index (Phi) is 3.59. The Hall–Kier alpha value is -1.65. The lowest BCUT2D eigenvalue weighted by molar-refractivity contribution is 0.169. The van der Waals surface area contributed by atoms with Crippen molar-refractivity contribution in [3.8, 4) is 0 Å². The summed E-state index contributed by atoms with van der Waals surface area (Å²) in [4.78, 5) is 4.38. The maximum absolute atomic E-state index is 10.3. The third-order valence-electron chi connectivity index (χ3n) is 3.16. The van der Waals surface area contributed by atoms with E-state index in [-0.39, 0.29) is 0 Å². The van der Waals surface area contributed by atoms with E-state index in [1.807, 2.05) is 49.4 Å². The first-order valence-corrected chi connectivity index (χ1v) is 7.21. The maximum Gasteiger partial charge on any atom is 0.198 e. The smallest absolute Gasteiger partial charge is 0.198 e. The molecule has 0 radical (unpaired) electrons. The lowest BCUT2D eigenvalue weighted by Crippen LogP contribution is -2.02. The van der Waals surface area contributed by atoms with E-state index >= 15 is 0 Å². The van der Waals surface area contributed by atoms with Gasteiger partial charge < -0.3 is 9.52 Å². The minimum absolute atomic E-state index is 0.366. The van der Waals surface area contributed by atoms with Crippen LogP contribution in [0.25, 0.3) is 11.1 Å². The fraction of sp³-hybridized carbons (Fsp3) is 0.188. The van der Waals surface area contributed by atoms with Crippen LogP contribution < -0.4 is 0 Å². The van der Waals surface area contributed by atoms with E-state index in [1.165, 1.54) is 0 Å². The van der Waals surface area contributed by atoms with Crippen molar-refractivity contribution in [1.82, 2.24) is 4.98 Å². The van der Waals surface area contributed by atoms with Crippen molar-refractivity contribution in [2.24, 2.45) is 0 Å². The Morgan fingerprint density at radius 2 is 2.05 bits per heavy atom. The Balaban J connectivity index is 1.86. The van der Waals surface area contributed by atoms with E-state index in [1.54, 1.807) is 0 Å². The summed E-state index contributed by atoms with van der Waals surface area (Å²) in [6, 6.07) is 13.5. The number of aryl methyl sites for hydroxylation is 1. The molecule has 0 saturated carbocycles. The normalized spacial score (nSPS) is 12.8. The molecular weight excluding hydrogens is 318 g/mol. The largest absolute Gasteiger partial charge is 0.441 e. The highest BCUT2D eigenvalue weighted by atomic mass is 79.9. The highest BCUT2D eigenvalue weighted by Gasteiger charge is 2.14. The molecular formula is C16H14BrNO2. The summed E-state index contributed by atoms with van der Waals surface area (Å²) in [5.41, 5.74) is 3.53. The summed E-state index contributed by atoms with van der Waals surface area (Å²) < 4.78 is 6.60. The molecule has 0 aliphatic rings. The topological polar surface area (TPSA) is 46.3 Å². The van der Waals surface area contributed by atoms with E-state index in [4.69, 9.17) is 4.42 Å². The van der Waals surface area contributed by atoms with Gasteiger partial charge in [-0.3, -0.25) is 0 Å². The minimum atomic E-state index is -0.626. The summed E-state index contributed by atoms with van der Waals surface area (Å²) in [6.45, 7) is 2.00. The summed E-state index contributed by atoms with van der Waals surface area (Å²) >= 11 is 3.44. The SMILES string of the molecule is Cc1cc(Br)cc(C(O)Cc2nc3ccccc3o2)c1. The van der Waals surface area contributed by atoms with Crippen molar-refractivity contribution in [3.63, 3.8) is 0 Å². The molecule has 1 heterocycles. The van der Waals surface area contributed by atoms with Gasteiger partial charge >= 0.3 is 0 Å². The highest BCUT2D eigenvalue weighted by molar-refractivity contribution is 9.10. The van der Waals surface area contributed by atoms with Crippen LogP contribution in [0.4, 0.5) is 0 Å². The number of aromatic nitrogens is 1. The van der Waals surface area contributed by atoms with Crippen LogP contribution in [0.1, 0.15) is 23.1 Å². The highest BCUT2D eigenvalue weighted by Crippen LogP contribution is 2.24. The third-order valence-corrected chi connectivity index (χ3v) is 3.61. The second-order valence-electron chi connectivity index (χ2n) is 4.86. The molecule has 4 heteroatoms. The Bertz CT molecular complexity index is 698. The second-order valence-corrected chi connectivity index (χ2v) is 5.77. The Morgan fingerprint density at radius 1 is 1.25 bits per heavy atom. The first-order valence-electron chi connectivity index (χ1n) is 6.41. The van der Waals surface area contributed by atoms with E-state index in [0.29, 0.717) is 12.3 Å². The molecule has 3 rings (SSSR count). The quantitative estimate of drug-likeness (QED) is 0.783. The molecule has 20 heavy (non-hydrogen) atoms. The monoisotopic (exact) mass is 331 g/mol. The summed E-state index contributed by atoms with van der Waals surface area (Å²) in [5.74, 6) is 0.552. The van der Waals surface area contributed by atoms with Crippen LogP contribution in [0, 0.1) is 6.92 Å². The zero-order chi connectivity index (χ0) is 14.1. The van der Waals surface area contributed by atoms with Gasteiger partial charge in [-0.1, -0.05) is 34.1 Å². The fourth-order valence-corrected chi connectivity index (χ4v) is 2.87. The zero-order valence-corrected chi connectivity index (χ0v) is 12.6. The van der Waals surface area contributed by atoms with Crippen LogP contribution in [-0.2, 0) is 6.42 Å². The molecule has 0 saturated heterocycles. The van der Waals surface area contributed by atoms with E-state index in [0.717, 1.165) is 26.7 Å². The Morgan fingerprint density at radius 3 is 2.80 bits per heavy atom. The molecule has 2 aromatic carbocycles. The molecule has 3 nitrogen and oxygen atoms in total. The van der Waals surface area contributed by atoms with Gasteiger partial charge in [0, 0.05) is 4.47 Å². The van der Waals surface area contributed by atoms with Crippen molar-refractivity contribution in [2.75, 3.05) is 0 Å². The van der Waals surface area contributed by atoms with E-state index in [2.05, 4.69) is 20.9 Å². The van der Waals surface area contributed by atoms with Crippen molar-refractivity contribution in [1.29, 1.82) is 0 Å². The zero-order valence-electron chi connectivity index (χ0n) is 11.0. The van der Waals surface area contributed by atoms with Gasteiger partial charge in [0.05, 0.1) is 12.5 Å². The molecule has 1 unspecified atom stereocenters. The number of aliphatic hydroxyl groups is 1. The first-order chi connectivity index (χ1) is 9.61. The molecule has 1 aromatic heterocycles. The van der Waals surface area contributed by atoms with E-state index < -0.39 is 6.10 Å². The van der Waals surface area contributed by atoms with Gasteiger partial charge in [-0.15, -0.1) is 0 Å². The fourth-order valence-electron chi connectivity index (χ4n) is 2.25. The molecule has 3 aromatic rings. The van der Waals surface area contributed by atoms with E-state index in [9.17, 15) is 5.11 Å². The predicted molar refractivity (Wildman–Crippen MR) is 81.6 cm³/mol. The summed E-state index contributed by atoms with van der Waals surface area (Å²) in [5, 5.41) is 10.3. The molecule has 0 spiro atoms. The standard InChI is InChI=1S/C16H14BrNO2/c1-10-6-11(8-12(17)7-10)14(19)9-16-18-13-4-2-3-5-15(13)20-16/h2-8,14,19H,9H2,1H3. The molecule has 1 N–H and O–H groups in total. The number of fused-ring (bicyclic) bond motifs is 1. The van der Waals surface area contributed by atoms with Crippen LogP contribution in [0.15, 0.2) is 51.4 Å². The molecule has 0 fully saturated rings. The average Bonchev–Trinajstić information content (AvgIpc) is 2.79. The number of para-hydroxylation sites is 2. The number of benzene rings is 2. The number of rotatable bonds is 3. The number of hydrogen-bond donors (Lipinski definition) is 1. The number of nitrogens with zero attached hydrogens (tertiary/aromatic N) is 1. The van der Waals surface area contributed by atoms with Crippen LogP contribution in [0.5, 0.6) is 0 Å². The van der Waals surface area contributed by atoms with Gasteiger partial charge in [0.25, 0.3) is 0 Å². The average molecular weight is 332 g/mol. The van der Waals surface area contributed by atoms with Gasteiger partial charge in [0.1, 0.15) is 5.52 Å². The van der Waals surface area contributed by atoms with Crippen LogP contribution in [-0.4, -0.2) is 10.1 Å². The molecule has 1 atom stereocenters. The maximum atomic E-state index is 10.3. The van der Waals surface area contributed by atoms with Crippen LogP contribution in [0.3, 0.4) is 0 Å². The summed E-state index contributed by atoms with van der Waals surface area (Å²) in [7, 11) is 0. The molecule has 0 bridgehead atoms. The molecule has 0 aliphatic carbocycles. The second kappa shape index (κ2) is 5.38. The summed E-state index contributed by atoms with van der Waals surface area (Å²) in [6.07, 6.45) is -0.260. The minimum Gasteiger partial charge on any atom is -0.441 e. The first kappa shape index (κ1) is 13.3. The molecule has 0 aliphatic heterocycles.